The standard InChI is InChI=1S/C19H28N2O3/c1-2-13-20(15-19(23)24)14-18(22)21(16-9-5-3-6-10-16)17-11-7-4-8-12-17/h3,5-6,9-10,17H,2,4,7-8,11-15H2,1H3,(H,23,24). The van der Waals surface area contributed by atoms with Gasteiger partial charge in [-0.3, -0.25) is 14.5 Å². The Morgan fingerprint density at radius 3 is 2.33 bits per heavy atom. The van der Waals surface area contributed by atoms with Crippen molar-refractivity contribution in [1.82, 2.24) is 4.90 Å². The van der Waals surface area contributed by atoms with Gasteiger partial charge in [0, 0.05) is 11.7 Å². The predicted molar refractivity (Wildman–Crippen MR) is 95.2 cm³/mol. The van der Waals surface area contributed by atoms with Crippen LogP contribution in [-0.2, 0) is 9.59 Å². The molecule has 0 saturated heterocycles. The molecule has 1 aromatic carbocycles. The Kier molecular flexibility index (Phi) is 7.25. The maximum atomic E-state index is 13.0. The van der Waals surface area contributed by atoms with Crippen LogP contribution in [0.4, 0.5) is 5.69 Å². The van der Waals surface area contributed by atoms with Gasteiger partial charge in [-0.1, -0.05) is 44.4 Å². The van der Waals surface area contributed by atoms with Crippen LogP contribution in [0.5, 0.6) is 0 Å². The van der Waals surface area contributed by atoms with Gasteiger partial charge in [0.15, 0.2) is 0 Å². The van der Waals surface area contributed by atoms with Crippen molar-refractivity contribution in [1.29, 1.82) is 0 Å². The SMILES string of the molecule is CCCN(CC(=O)O)CC(=O)N(c1ccccc1)C1CCCCC1. The first-order chi connectivity index (χ1) is 11.6. The Balaban J connectivity index is 2.15. The van der Waals surface area contributed by atoms with Crippen LogP contribution in [0.15, 0.2) is 30.3 Å². The summed E-state index contributed by atoms with van der Waals surface area (Å²) in [6, 6.07) is 9.99. The molecule has 0 aromatic heterocycles. The van der Waals surface area contributed by atoms with E-state index in [0.717, 1.165) is 37.8 Å². The molecule has 1 fully saturated rings. The van der Waals surface area contributed by atoms with E-state index in [1.54, 1.807) is 4.90 Å². The van der Waals surface area contributed by atoms with Gasteiger partial charge in [-0.05, 0) is 37.9 Å². The number of anilines is 1. The van der Waals surface area contributed by atoms with E-state index in [1.165, 1.54) is 6.42 Å². The second kappa shape index (κ2) is 9.42. The fourth-order valence-electron chi connectivity index (χ4n) is 3.48. The van der Waals surface area contributed by atoms with Crippen LogP contribution >= 0.6 is 0 Å². The molecule has 1 aromatic rings. The molecule has 1 amide bonds. The number of rotatable bonds is 8. The third-order valence-electron chi connectivity index (χ3n) is 4.50. The highest BCUT2D eigenvalue weighted by molar-refractivity contribution is 5.95. The Morgan fingerprint density at radius 1 is 1.08 bits per heavy atom. The fourth-order valence-corrected chi connectivity index (χ4v) is 3.48. The van der Waals surface area contributed by atoms with E-state index in [1.807, 2.05) is 42.2 Å². The van der Waals surface area contributed by atoms with Crippen molar-refractivity contribution in [2.45, 2.75) is 51.5 Å². The number of nitrogens with zero attached hydrogens (tertiary/aromatic N) is 2. The highest BCUT2D eigenvalue weighted by Crippen LogP contribution is 2.27. The lowest BCUT2D eigenvalue weighted by atomic mass is 9.93. The van der Waals surface area contributed by atoms with Crippen LogP contribution in [0.25, 0.3) is 0 Å². The zero-order valence-corrected chi connectivity index (χ0v) is 14.5. The van der Waals surface area contributed by atoms with Crippen molar-refractivity contribution < 1.29 is 14.7 Å². The minimum Gasteiger partial charge on any atom is -0.480 e. The lowest BCUT2D eigenvalue weighted by molar-refractivity contribution is -0.138. The maximum Gasteiger partial charge on any atom is 0.317 e. The second-order valence-electron chi connectivity index (χ2n) is 6.50. The molecule has 1 saturated carbocycles. The van der Waals surface area contributed by atoms with Gasteiger partial charge < -0.3 is 10.0 Å². The molecule has 0 spiro atoms. The summed E-state index contributed by atoms with van der Waals surface area (Å²) in [7, 11) is 0. The Labute approximate surface area is 144 Å². The van der Waals surface area contributed by atoms with Gasteiger partial charge in [0.2, 0.25) is 5.91 Å². The summed E-state index contributed by atoms with van der Waals surface area (Å²) in [5, 5.41) is 9.06. The van der Waals surface area contributed by atoms with Crippen molar-refractivity contribution in [2.75, 3.05) is 24.5 Å². The number of carbonyl (C=O) groups is 2. The van der Waals surface area contributed by atoms with Crippen LogP contribution < -0.4 is 4.90 Å². The monoisotopic (exact) mass is 332 g/mol. The van der Waals surface area contributed by atoms with Crippen molar-refractivity contribution in [2.24, 2.45) is 0 Å². The molecule has 132 valence electrons. The summed E-state index contributed by atoms with van der Waals surface area (Å²) in [4.78, 5) is 27.7. The average molecular weight is 332 g/mol. The third kappa shape index (κ3) is 5.34. The van der Waals surface area contributed by atoms with Crippen LogP contribution in [0.2, 0.25) is 0 Å². The number of hydrogen-bond donors (Lipinski definition) is 1. The van der Waals surface area contributed by atoms with E-state index in [9.17, 15) is 9.59 Å². The van der Waals surface area contributed by atoms with Crippen LogP contribution in [0.3, 0.4) is 0 Å². The number of carboxylic acids is 1. The van der Waals surface area contributed by atoms with E-state index in [2.05, 4.69) is 0 Å². The second-order valence-corrected chi connectivity index (χ2v) is 6.50. The van der Waals surface area contributed by atoms with Gasteiger partial charge in [-0.2, -0.15) is 0 Å². The molecule has 5 nitrogen and oxygen atoms in total. The number of benzene rings is 1. The van der Waals surface area contributed by atoms with E-state index < -0.39 is 5.97 Å². The molecule has 0 radical (unpaired) electrons. The molecule has 0 atom stereocenters. The Hall–Kier alpha value is -1.88. The lowest BCUT2D eigenvalue weighted by Gasteiger charge is -2.35. The minimum atomic E-state index is -0.889. The number of hydrogen-bond acceptors (Lipinski definition) is 3. The fraction of sp³-hybridized carbons (Fsp3) is 0.579. The molecule has 2 rings (SSSR count). The van der Waals surface area contributed by atoms with Gasteiger partial charge in [0.1, 0.15) is 0 Å². The molecule has 0 aliphatic heterocycles. The van der Waals surface area contributed by atoms with E-state index in [0.29, 0.717) is 6.54 Å². The summed E-state index contributed by atoms with van der Waals surface area (Å²) in [5.41, 5.74) is 0.918. The maximum absolute atomic E-state index is 13.0. The van der Waals surface area contributed by atoms with Crippen molar-refractivity contribution in [3.05, 3.63) is 30.3 Å². The highest BCUT2D eigenvalue weighted by atomic mass is 16.4. The number of carbonyl (C=O) groups excluding carboxylic acids is 1. The molecule has 0 bridgehead atoms. The van der Waals surface area contributed by atoms with E-state index in [-0.39, 0.29) is 25.0 Å². The quantitative estimate of drug-likeness (QED) is 0.794. The van der Waals surface area contributed by atoms with Gasteiger partial charge in [-0.25, -0.2) is 0 Å². The topological polar surface area (TPSA) is 60.9 Å². The summed E-state index contributed by atoms with van der Waals surface area (Å²) in [5.74, 6) is -0.886. The summed E-state index contributed by atoms with van der Waals surface area (Å²) in [6.45, 7) is 2.68. The molecule has 0 unspecified atom stereocenters. The molecule has 1 N–H and O–H groups in total. The number of aliphatic carboxylic acids is 1. The van der Waals surface area contributed by atoms with E-state index in [4.69, 9.17) is 5.11 Å². The van der Waals surface area contributed by atoms with Gasteiger partial charge in [-0.15, -0.1) is 0 Å². The minimum absolute atomic E-state index is 0.00259. The first-order valence-corrected chi connectivity index (χ1v) is 8.93. The summed E-state index contributed by atoms with van der Waals surface area (Å²) >= 11 is 0. The average Bonchev–Trinajstić information content (AvgIpc) is 2.56. The summed E-state index contributed by atoms with van der Waals surface area (Å²) < 4.78 is 0. The van der Waals surface area contributed by atoms with Gasteiger partial charge >= 0.3 is 5.97 Å². The predicted octanol–water partition coefficient (Wildman–Crippen LogP) is 3.15. The smallest absolute Gasteiger partial charge is 0.317 e. The molecule has 5 heteroatoms. The van der Waals surface area contributed by atoms with Crippen LogP contribution in [0.1, 0.15) is 45.4 Å². The van der Waals surface area contributed by atoms with Crippen molar-refractivity contribution in [3.8, 4) is 0 Å². The zero-order chi connectivity index (χ0) is 17.4. The molecule has 0 heterocycles. The molecular formula is C19H28N2O3. The molecule has 24 heavy (non-hydrogen) atoms. The van der Waals surface area contributed by atoms with E-state index >= 15 is 0 Å². The molecular weight excluding hydrogens is 304 g/mol. The van der Waals surface area contributed by atoms with Gasteiger partial charge in [0.05, 0.1) is 13.1 Å². The first kappa shape index (κ1) is 18.5. The zero-order valence-electron chi connectivity index (χ0n) is 14.5. The number of para-hydroxylation sites is 1. The van der Waals surface area contributed by atoms with Crippen LogP contribution in [-0.4, -0.2) is 47.6 Å². The Morgan fingerprint density at radius 2 is 1.75 bits per heavy atom. The van der Waals surface area contributed by atoms with Crippen LogP contribution in [0, 0.1) is 0 Å². The van der Waals surface area contributed by atoms with Crippen molar-refractivity contribution >= 4 is 17.6 Å². The number of amides is 1. The molecule has 1 aliphatic carbocycles. The van der Waals surface area contributed by atoms with Gasteiger partial charge in [0.25, 0.3) is 0 Å². The Bertz CT molecular complexity index is 527. The van der Waals surface area contributed by atoms with Crippen molar-refractivity contribution in [3.63, 3.8) is 0 Å². The first-order valence-electron chi connectivity index (χ1n) is 8.93. The third-order valence-corrected chi connectivity index (χ3v) is 4.50. The number of carboxylic acid groups (broad SMARTS) is 1. The summed E-state index contributed by atoms with van der Waals surface area (Å²) in [6.07, 6.45) is 6.40. The highest BCUT2D eigenvalue weighted by Gasteiger charge is 2.28. The molecule has 1 aliphatic rings. The lowest BCUT2D eigenvalue weighted by Crippen LogP contribution is -2.47. The normalized spacial score (nSPS) is 15.4. The largest absolute Gasteiger partial charge is 0.480 e.